The van der Waals surface area contributed by atoms with Crippen molar-refractivity contribution in [2.45, 2.75) is 38.3 Å². The van der Waals surface area contributed by atoms with Gasteiger partial charge in [-0.15, -0.1) is 5.10 Å². The van der Waals surface area contributed by atoms with Gasteiger partial charge in [-0.2, -0.15) is 5.26 Å². The molecule has 2 amide bonds. The van der Waals surface area contributed by atoms with E-state index in [2.05, 4.69) is 20.3 Å². The zero-order valence-corrected chi connectivity index (χ0v) is 13.3. The fourth-order valence-corrected chi connectivity index (χ4v) is 3.40. The molecule has 2 aliphatic rings. The number of nitrogens with zero attached hydrogens (tertiary/aromatic N) is 6. The highest BCUT2D eigenvalue weighted by molar-refractivity contribution is 5.74. The lowest BCUT2D eigenvalue weighted by Crippen LogP contribution is -2.54. The van der Waals surface area contributed by atoms with Crippen molar-refractivity contribution < 1.29 is 4.79 Å². The molecule has 0 unspecified atom stereocenters. The molecule has 0 atom stereocenters. The number of nitriles is 1. The van der Waals surface area contributed by atoms with Crippen LogP contribution in [0.2, 0.25) is 0 Å². The first-order valence-corrected chi connectivity index (χ1v) is 8.32. The van der Waals surface area contributed by atoms with Crippen LogP contribution in [0.5, 0.6) is 0 Å². The second-order valence-corrected chi connectivity index (χ2v) is 6.14. The number of carbonyl (C=O) groups excluding carboxylic acids is 1. The molecule has 124 valence electrons. The molecule has 0 radical (unpaired) electrons. The van der Waals surface area contributed by atoms with Crippen LogP contribution < -0.4 is 5.32 Å². The lowest BCUT2D eigenvalue weighted by Gasteiger charge is -2.38. The Morgan fingerprint density at radius 3 is 2.70 bits per heavy atom. The summed E-state index contributed by atoms with van der Waals surface area (Å²) in [7, 11) is 0. The summed E-state index contributed by atoms with van der Waals surface area (Å²) in [6.07, 6.45) is 6.83. The average molecular weight is 317 g/mol. The summed E-state index contributed by atoms with van der Waals surface area (Å²) < 4.78 is 1.57. The van der Waals surface area contributed by atoms with Crippen LogP contribution in [0, 0.1) is 11.3 Å². The summed E-state index contributed by atoms with van der Waals surface area (Å²) in [6, 6.07) is 2.60. The number of hydrogen-bond donors (Lipinski definition) is 1. The summed E-state index contributed by atoms with van der Waals surface area (Å²) in [4.78, 5) is 20.4. The number of piperazine rings is 1. The molecule has 1 aliphatic carbocycles. The minimum absolute atomic E-state index is 0.0170. The Hall–Kier alpha value is -2.14. The first-order valence-electron chi connectivity index (χ1n) is 8.32. The van der Waals surface area contributed by atoms with Gasteiger partial charge in [0.15, 0.2) is 0 Å². The average Bonchev–Trinajstić information content (AvgIpc) is 3.26. The van der Waals surface area contributed by atoms with Gasteiger partial charge in [0.2, 0.25) is 0 Å². The third-order valence-electron chi connectivity index (χ3n) is 4.70. The molecule has 1 aliphatic heterocycles. The van der Waals surface area contributed by atoms with Crippen LogP contribution in [-0.2, 0) is 6.54 Å². The number of amides is 2. The number of rotatable bonds is 4. The summed E-state index contributed by atoms with van der Waals surface area (Å²) >= 11 is 0. The molecule has 1 saturated carbocycles. The zero-order valence-electron chi connectivity index (χ0n) is 13.3. The predicted octanol–water partition coefficient (Wildman–Crippen LogP) is 0.420. The van der Waals surface area contributed by atoms with Crippen LogP contribution in [0.4, 0.5) is 4.79 Å². The highest BCUT2D eigenvalue weighted by atomic mass is 16.2. The number of aromatic nitrogens is 3. The molecule has 2 heterocycles. The van der Waals surface area contributed by atoms with Gasteiger partial charge in [-0.25, -0.2) is 14.5 Å². The fraction of sp³-hybridized carbons (Fsp3) is 0.733. The van der Waals surface area contributed by atoms with Gasteiger partial charge in [0.05, 0.1) is 6.54 Å². The van der Waals surface area contributed by atoms with Gasteiger partial charge in [0.1, 0.15) is 12.4 Å². The van der Waals surface area contributed by atoms with E-state index in [4.69, 9.17) is 5.26 Å². The normalized spacial score (nSPS) is 19.7. The van der Waals surface area contributed by atoms with E-state index in [1.165, 1.54) is 32.0 Å². The topological polar surface area (TPSA) is 90.1 Å². The smallest absolute Gasteiger partial charge is 0.317 e. The molecule has 8 heteroatoms. The van der Waals surface area contributed by atoms with Crippen molar-refractivity contribution in [3.8, 4) is 6.07 Å². The van der Waals surface area contributed by atoms with Crippen molar-refractivity contribution in [2.24, 2.45) is 0 Å². The Morgan fingerprint density at radius 2 is 2.04 bits per heavy atom. The Kier molecular flexibility index (Phi) is 5.08. The standard InChI is InChI=1S/C15H23N7O/c16-11-14-18-12-22(19-14)6-5-17-15(23)21-9-7-20(8-10-21)13-3-1-2-4-13/h12-13H,1-10H2,(H,17,23). The van der Waals surface area contributed by atoms with Crippen molar-refractivity contribution >= 4 is 6.03 Å². The largest absolute Gasteiger partial charge is 0.336 e. The minimum atomic E-state index is -0.0170. The molecule has 1 aromatic rings. The minimum Gasteiger partial charge on any atom is -0.336 e. The molecule has 3 rings (SSSR count). The molecule has 2 fully saturated rings. The van der Waals surface area contributed by atoms with Gasteiger partial charge in [-0.05, 0) is 12.8 Å². The van der Waals surface area contributed by atoms with E-state index in [0.717, 1.165) is 32.2 Å². The summed E-state index contributed by atoms with van der Waals surface area (Å²) in [5, 5.41) is 15.5. The summed E-state index contributed by atoms with van der Waals surface area (Å²) in [5.74, 6) is 0.152. The van der Waals surface area contributed by atoms with E-state index in [0.29, 0.717) is 13.1 Å². The Labute approximate surface area is 136 Å². The molecule has 0 spiro atoms. The molecule has 0 aromatic carbocycles. The lowest BCUT2D eigenvalue weighted by atomic mass is 10.2. The first-order chi connectivity index (χ1) is 11.3. The highest BCUT2D eigenvalue weighted by Crippen LogP contribution is 2.24. The van der Waals surface area contributed by atoms with Crippen LogP contribution >= 0.6 is 0 Å². The molecule has 1 saturated heterocycles. The van der Waals surface area contributed by atoms with Crippen LogP contribution in [-0.4, -0.2) is 69.4 Å². The van der Waals surface area contributed by atoms with Gasteiger partial charge >= 0.3 is 6.03 Å². The van der Waals surface area contributed by atoms with Crippen LogP contribution in [0.25, 0.3) is 0 Å². The highest BCUT2D eigenvalue weighted by Gasteiger charge is 2.27. The maximum absolute atomic E-state index is 12.2. The van der Waals surface area contributed by atoms with Crippen LogP contribution in [0.1, 0.15) is 31.5 Å². The van der Waals surface area contributed by atoms with Gasteiger partial charge in [-0.1, -0.05) is 12.8 Å². The molecule has 1 N–H and O–H groups in total. The number of hydrogen-bond acceptors (Lipinski definition) is 5. The molecule has 23 heavy (non-hydrogen) atoms. The second kappa shape index (κ2) is 7.42. The first kappa shape index (κ1) is 15.7. The van der Waals surface area contributed by atoms with E-state index < -0.39 is 0 Å². The van der Waals surface area contributed by atoms with E-state index >= 15 is 0 Å². The van der Waals surface area contributed by atoms with Gasteiger partial charge in [-0.3, -0.25) is 4.90 Å². The van der Waals surface area contributed by atoms with Gasteiger partial charge in [0, 0.05) is 38.8 Å². The van der Waals surface area contributed by atoms with Crippen LogP contribution in [0.15, 0.2) is 6.33 Å². The van der Waals surface area contributed by atoms with E-state index in [1.807, 2.05) is 11.0 Å². The van der Waals surface area contributed by atoms with Crippen molar-refractivity contribution in [1.82, 2.24) is 29.9 Å². The van der Waals surface area contributed by atoms with E-state index in [-0.39, 0.29) is 11.9 Å². The zero-order chi connectivity index (χ0) is 16.1. The summed E-state index contributed by atoms with van der Waals surface area (Å²) in [5.41, 5.74) is 0. The Balaban J connectivity index is 1.37. The maximum atomic E-state index is 12.2. The lowest BCUT2D eigenvalue weighted by molar-refractivity contribution is 0.109. The number of nitrogens with one attached hydrogen (secondary N) is 1. The SMILES string of the molecule is N#Cc1ncn(CCNC(=O)N2CCN(C3CCCC3)CC2)n1. The van der Waals surface area contributed by atoms with Crippen molar-refractivity contribution in [3.05, 3.63) is 12.2 Å². The van der Waals surface area contributed by atoms with E-state index in [9.17, 15) is 4.79 Å². The van der Waals surface area contributed by atoms with Crippen LogP contribution in [0.3, 0.4) is 0 Å². The third kappa shape index (κ3) is 3.99. The Bertz CT molecular complexity index is 565. The monoisotopic (exact) mass is 317 g/mol. The molecular formula is C15H23N7O. The summed E-state index contributed by atoms with van der Waals surface area (Å²) in [6.45, 7) is 4.55. The van der Waals surface area contributed by atoms with Gasteiger partial charge in [0.25, 0.3) is 5.82 Å². The number of urea groups is 1. The van der Waals surface area contributed by atoms with Gasteiger partial charge < -0.3 is 10.2 Å². The van der Waals surface area contributed by atoms with E-state index in [1.54, 1.807) is 4.68 Å². The molecule has 8 nitrogen and oxygen atoms in total. The fourth-order valence-electron chi connectivity index (χ4n) is 3.40. The predicted molar refractivity (Wildman–Crippen MR) is 83.5 cm³/mol. The van der Waals surface area contributed by atoms with Crippen molar-refractivity contribution in [3.63, 3.8) is 0 Å². The maximum Gasteiger partial charge on any atom is 0.317 e. The molecular weight excluding hydrogens is 294 g/mol. The quantitative estimate of drug-likeness (QED) is 0.869. The number of carbonyl (C=O) groups is 1. The van der Waals surface area contributed by atoms with Crippen molar-refractivity contribution in [2.75, 3.05) is 32.7 Å². The molecule has 1 aromatic heterocycles. The van der Waals surface area contributed by atoms with Crippen molar-refractivity contribution in [1.29, 1.82) is 5.26 Å². The Morgan fingerprint density at radius 1 is 1.30 bits per heavy atom. The second-order valence-electron chi connectivity index (χ2n) is 6.14. The molecule has 0 bridgehead atoms. The third-order valence-corrected chi connectivity index (χ3v) is 4.70.